The smallest absolute Gasteiger partial charge is 0.207 e. The summed E-state index contributed by atoms with van der Waals surface area (Å²) in [6.45, 7) is 1.85. The van der Waals surface area contributed by atoms with Crippen LogP contribution < -0.4 is 0 Å². The van der Waals surface area contributed by atoms with Crippen LogP contribution in [0.25, 0.3) is 0 Å². The van der Waals surface area contributed by atoms with Gasteiger partial charge in [-0.05, 0) is 29.7 Å². The maximum Gasteiger partial charge on any atom is 0.261 e. The van der Waals surface area contributed by atoms with Crippen LogP contribution in [0.3, 0.4) is 0 Å². The van der Waals surface area contributed by atoms with Crippen LogP contribution in [0.2, 0.25) is 0 Å². The van der Waals surface area contributed by atoms with Gasteiger partial charge >= 0.3 is 0 Å². The van der Waals surface area contributed by atoms with E-state index in [0.29, 0.717) is 22.9 Å². The van der Waals surface area contributed by atoms with Crippen LogP contribution in [-0.4, -0.2) is 8.42 Å². The highest BCUT2D eigenvalue weighted by Crippen LogP contribution is 2.27. The summed E-state index contributed by atoms with van der Waals surface area (Å²) in [6.07, 6.45) is 0.550. The number of hydrogen-bond donors (Lipinski definition) is 0. The number of benzene rings is 1. The first-order chi connectivity index (χ1) is 7.43. The van der Waals surface area contributed by atoms with Crippen LogP contribution >= 0.6 is 26.6 Å². The van der Waals surface area contributed by atoms with E-state index in [1.54, 1.807) is 6.07 Å². The lowest BCUT2D eigenvalue weighted by Gasteiger charge is -2.10. The van der Waals surface area contributed by atoms with Gasteiger partial charge in [0.05, 0.1) is 16.5 Å². The van der Waals surface area contributed by atoms with Crippen LogP contribution in [0, 0.1) is 11.3 Å². The lowest BCUT2D eigenvalue weighted by atomic mass is 10.0. The molecule has 1 aromatic carbocycles. The summed E-state index contributed by atoms with van der Waals surface area (Å²) in [5.74, 6) is 0. The van der Waals surface area contributed by atoms with E-state index in [4.69, 9.17) is 15.9 Å². The molecule has 0 spiro atoms. The average Bonchev–Trinajstić information content (AvgIpc) is 2.25. The fourth-order valence-electron chi connectivity index (χ4n) is 1.51. The number of alkyl halides is 1. The summed E-state index contributed by atoms with van der Waals surface area (Å²) in [5.41, 5.74) is 1.73. The maximum atomic E-state index is 11.4. The van der Waals surface area contributed by atoms with Crippen molar-refractivity contribution >= 4 is 35.7 Å². The van der Waals surface area contributed by atoms with Crippen molar-refractivity contribution < 1.29 is 8.42 Å². The Morgan fingerprint density at radius 3 is 2.50 bits per heavy atom. The predicted molar refractivity (Wildman–Crippen MR) is 66.2 cm³/mol. The van der Waals surface area contributed by atoms with Crippen molar-refractivity contribution in [3.05, 3.63) is 28.8 Å². The monoisotopic (exact) mass is 321 g/mol. The Kier molecular flexibility index (Phi) is 4.36. The zero-order valence-corrected chi connectivity index (χ0v) is 11.7. The highest BCUT2D eigenvalue weighted by Gasteiger charge is 2.18. The van der Waals surface area contributed by atoms with Crippen molar-refractivity contribution in [2.24, 2.45) is 0 Å². The van der Waals surface area contributed by atoms with E-state index in [1.807, 2.05) is 13.0 Å². The van der Waals surface area contributed by atoms with Crippen molar-refractivity contribution in [1.82, 2.24) is 0 Å². The summed E-state index contributed by atoms with van der Waals surface area (Å²) >= 11 is 3.27. The first-order valence-electron chi connectivity index (χ1n) is 4.50. The number of hydrogen-bond acceptors (Lipinski definition) is 3. The van der Waals surface area contributed by atoms with Crippen LogP contribution in [-0.2, 0) is 20.8 Å². The van der Waals surface area contributed by atoms with E-state index in [0.717, 1.165) is 5.56 Å². The molecule has 3 nitrogen and oxygen atoms in total. The molecule has 1 rings (SSSR count). The molecular formula is C10H9BrClNO2S. The molecule has 0 aliphatic heterocycles. The van der Waals surface area contributed by atoms with Gasteiger partial charge in [-0.25, -0.2) is 8.42 Å². The van der Waals surface area contributed by atoms with Gasteiger partial charge in [0.25, 0.3) is 9.05 Å². The van der Waals surface area contributed by atoms with Crippen molar-refractivity contribution in [3.8, 4) is 6.07 Å². The fourth-order valence-corrected chi connectivity index (χ4v) is 3.26. The molecule has 16 heavy (non-hydrogen) atoms. The standard InChI is InChI=1S/C10H9BrClNO2S/c1-2-9-8(5-11)3-7(6-13)4-10(9)16(12,14)15/h3-4H,2,5H2,1H3. The molecule has 0 saturated carbocycles. The molecule has 0 aliphatic rings. The molecule has 6 heteroatoms. The number of nitrogens with zero attached hydrogens (tertiary/aromatic N) is 1. The molecule has 0 aliphatic carbocycles. The van der Waals surface area contributed by atoms with Crippen molar-refractivity contribution in [1.29, 1.82) is 5.26 Å². The summed E-state index contributed by atoms with van der Waals surface area (Å²) in [5, 5.41) is 9.30. The van der Waals surface area contributed by atoms with Crippen molar-refractivity contribution in [2.75, 3.05) is 0 Å². The van der Waals surface area contributed by atoms with E-state index in [-0.39, 0.29) is 4.90 Å². The first-order valence-corrected chi connectivity index (χ1v) is 7.93. The van der Waals surface area contributed by atoms with Crippen molar-refractivity contribution in [2.45, 2.75) is 23.6 Å². The minimum Gasteiger partial charge on any atom is -0.207 e. The van der Waals surface area contributed by atoms with Gasteiger partial charge in [-0.2, -0.15) is 5.26 Å². The summed E-state index contributed by atoms with van der Waals surface area (Å²) in [4.78, 5) is 0.0326. The Hall–Kier alpha value is -0.570. The Labute approximate surface area is 108 Å². The minimum atomic E-state index is -3.81. The summed E-state index contributed by atoms with van der Waals surface area (Å²) in [7, 11) is 1.54. The predicted octanol–water partition coefficient (Wildman–Crippen LogP) is 2.94. The maximum absolute atomic E-state index is 11.4. The number of halogens is 2. The van der Waals surface area contributed by atoms with Crippen molar-refractivity contribution in [3.63, 3.8) is 0 Å². The largest absolute Gasteiger partial charge is 0.261 e. The minimum absolute atomic E-state index is 0.0326. The molecule has 0 radical (unpaired) electrons. The quantitative estimate of drug-likeness (QED) is 0.635. The van der Waals surface area contributed by atoms with Gasteiger partial charge in [0.2, 0.25) is 0 Å². The average molecular weight is 323 g/mol. The Morgan fingerprint density at radius 2 is 2.12 bits per heavy atom. The topological polar surface area (TPSA) is 57.9 Å². The van der Waals surface area contributed by atoms with Gasteiger partial charge in [0.15, 0.2) is 0 Å². The molecule has 0 amide bonds. The van der Waals surface area contributed by atoms with Crippen LogP contribution in [0.4, 0.5) is 0 Å². The van der Waals surface area contributed by atoms with E-state index in [1.165, 1.54) is 6.07 Å². The third-order valence-corrected chi connectivity index (χ3v) is 4.18. The molecule has 0 bridgehead atoms. The Balaban J connectivity index is 3.64. The zero-order valence-electron chi connectivity index (χ0n) is 8.50. The summed E-state index contributed by atoms with van der Waals surface area (Å²) < 4.78 is 22.8. The highest BCUT2D eigenvalue weighted by molar-refractivity contribution is 9.08. The molecule has 1 aromatic rings. The van der Waals surface area contributed by atoms with E-state index in [9.17, 15) is 8.42 Å². The zero-order chi connectivity index (χ0) is 12.3. The van der Waals surface area contributed by atoms with Gasteiger partial charge in [-0.3, -0.25) is 0 Å². The van der Waals surface area contributed by atoms with Gasteiger partial charge in [0, 0.05) is 16.0 Å². The van der Waals surface area contributed by atoms with Gasteiger partial charge < -0.3 is 0 Å². The molecule has 0 heterocycles. The third-order valence-electron chi connectivity index (χ3n) is 2.19. The number of rotatable bonds is 3. The Morgan fingerprint density at radius 1 is 1.50 bits per heavy atom. The number of nitriles is 1. The molecule has 86 valence electrons. The second-order valence-corrected chi connectivity index (χ2v) is 6.24. The third kappa shape index (κ3) is 2.76. The second-order valence-electron chi connectivity index (χ2n) is 3.15. The molecular weight excluding hydrogens is 314 g/mol. The van der Waals surface area contributed by atoms with E-state index < -0.39 is 9.05 Å². The van der Waals surface area contributed by atoms with Gasteiger partial charge in [0.1, 0.15) is 0 Å². The van der Waals surface area contributed by atoms with E-state index >= 15 is 0 Å². The van der Waals surface area contributed by atoms with Crippen LogP contribution in [0.15, 0.2) is 17.0 Å². The first kappa shape index (κ1) is 13.5. The van der Waals surface area contributed by atoms with Crippen LogP contribution in [0.5, 0.6) is 0 Å². The summed E-state index contributed by atoms with van der Waals surface area (Å²) in [6, 6.07) is 4.90. The fraction of sp³-hybridized carbons (Fsp3) is 0.300. The molecule has 0 N–H and O–H groups in total. The molecule has 0 aromatic heterocycles. The highest BCUT2D eigenvalue weighted by atomic mass is 79.9. The SMILES string of the molecule is CCc1c(CBr)cc(C#N)cc1S(=O)(=O)Cl. The van der Waals surface area contributed by atoms with Crippen LogP contribution in [0.1, 0.15) is 23.6 Å². The molecule has 0 unspecified atom stereocenters. The molecule has 0 saturated heterocycles. The normalized spacial score (nSPS) is 11.1. The van der Waals surface area contributed by atoms with Gasteiger partial charge in [-0.1, -0.05) is 22.9 Å². The lowest BCUT2D eigenvalue weighted by molar-refractivity contribution is 0.608. The lowest BCUT2D eigenvalue weighted by Crippen LogP contribution is -2.02. The Bertz CT molecular complexity index is 549. The molecule has 0 atom stereocenters. The van der Waals surface area contributed by atoms with Gasteiger partial charge in [-0.15, -0.1) is 0 Å². The second kappa shape index (κ2) is 5.17. The van der Waals surface area contributed by atoms with E-state index in [2.05, 4.69) is 15.9 Å². The molecule has 0 fully saturated rings.